The first-order chi connectivity index (χ1) is 14.1. The zero-order valence-electron chi connectivity index (χ0n) is 16.4. The van der Waals surface area contributed by atoms with E-state index in [9.17, 15) is 9.90 Å². The minimum Gasteiger partial charge on any atom is -0.491 e. The maximum absolute atomic E-state index is 12.4. The Bertz CT molecular complexity index is 927. The van der Waals surface area contributed by atoms with Gasteiger partial charge in [-0.15, -0.1) is 0 Å². The van der Waals surface area contributed by atoms with Crippen molar-refractivity contribution >= 4 is 5.91 Å². The van der Waals surface area contributed by atoms with Crippen molar-refractivity contribution in [2.45, 2.75) is 19.6 Å². The molecule has 1 amide bonds. The van der Waals surface area contributed by atoms with Gasteiger partial charge in [-0.3, -0.25) is 4.79 Å². The van der Waals surface area contributed by atoms with Crippen molar-refractivity contribution in [3.8, 4) is 11.5 Å². The average molecular weight is 391 g/mol. The largest absolute Gasteiger partial charge is 0.491 e. The second-order valence-corrected chi connectivity index (χ2v) is 6.79. The number of ether oxygens (including phenoxy) is 2. The molecule has 2 N–H and O–H groups in total. The molecule has 150 valence electrons. The Morgan fingerprint density at radius 1 is 0.931 bits per heavy atom. The minimum absolute atomic E-state index is 0.0970. The van der Waals surface area contributed by atoms with Crippen LogP contribution >= 0.6 is 0 Å². The first kappa shape index (κ1) is 20.4. The zero-order valence-corrected chi connectivity index (χ0v) is 16.4. The highest BCUT2D eigenvalue weighted by Crippen LogP contribution is 2.15. The van der Waals surface area contributed by atoms with Crippen LogP contribution in [0.5, 0.6) is 11.5 Å². The van der Waals surface area contributed by atoms with Crippen LogP contribution in [0.4, 0.5) is 0 Å². The van der Waals surface area contributed by atoms with Crippen molar-refractivity contribution in [1.29, 1.82) is 0 Å². The molecule has 0 saturated heterocycles. The molecule has 0 heterocycles. The van der Waals surface area contributed by atoms with E-state index in [0.29, 0.717) is 23.7 Å². The quantitative estimate of drug-likeness (QED) is 0.583. The predicted octanol–water partition coefficient (Wildman–Crippen LogP) is 3.74. The molecule has 1 atom stereocenters. The Kier molecular flexibility index (Phi) is 7.25. The van der Waals surface area contributed by atoms with Crippen molar-refractivity contribution in [2.75, 3.05) is 13.2 Å². The molecule has 0 saturated carbocycles. The SMILES string of the molecule is Cc1cccc(OCC(O)CNC(=O)c2cccc(OCc3ccccc3)c2)c1. The topological polar surface area (TPSA) is 67.8 Å². The number of nitrogens with one attached hydrogen (secondary N) is 1. The third-order valence-electron chi connectivity index (χ3n) is 4.27. The fourth-order valence-corrected chi connectivity index (χ4v) is 2.74. The summed E-state index contributed by atoms with van der Waals surface area (Å²) in [5, 5.41) is 12.8. The van der Waals surface area contributed by atoms with Gasteiger partial charge in [0, 0.05) is 12.1 Å². The summed E-state index contributed by atoms with van der Waals surface area (Å²) >= 11 is 0. The minimum atomic E-state index is -0.808. The Hall–Kier alpha value is -3.31. The molecule has 5 nitrogen and oxygen atoms in total. The Labute approximate surface area is 170 Å². The number of carbonyl (C=O) groups excluding carboxylic acids is 1. The van der Waals surface area contributed by atoms with Gasteiger partial charge in [0.25, 0.3) is 5.91 Å². The van der Waals surface area contributed by atoms with Gasteiger partial charge in [0.2, 0.25) is 0 Å². The second kappa shape index (κ2) is 10.3. The number of hydrogen-bond acceptors (Lipinski definition) is 4. The fourth-order valence-electron chi connectivity index (χ4n) is 2.74. The van der Waals surface area contributed by atoms with Crippen LogP contribution in [0, 0.1) is 6.92 Å². The van der Waals surface area contributed by atoms with Gasteiger partial charge in [-0.1, -0.05) is 48.5 Å². The van der Waals surface area contributed by atoms with Gasteiger partial charge >= 0.3 is 0 Å². The Morgan fingerprint density at radius 2 is 1.66 bits per heavy atom. The van der Waals surface area contributed by atoms with E-state index in [-0.39, 0.29) is 19.1 Å². The molecule has 5 heteroatoms. The third kappa shape index (κ3) is 6.66. The molecular formula is C24H25NO4. The lowest BCUT2D eigenvalue weighted by molar-refractivity contribution is 0.0843. The van der Waals surface area contributed by atoms with Crippen LogP contribution in [0.15, 0.2) is 78.9 Å². The van der Waals surface area contributed by atoms with Gasteiger partial charge < -0.3 is 19.9 Å². The highest BCUT2D eigenvalue weighted by molar-refractivity contribution is 5.94. The second-order valence-electron chi connectivity index (χ2n) is 6.79. The zero-order chi connectivity index (χ0) is 20.5. The molecule has 0 aliphatic heterocycles. The van der Waals surface area contributed by atoms with Crippen LogP contribution in [0.1, 0.15) is 21.5 Å². The van der Waals surface area contributed by atoms with Crippen LogP contribution in [-0.4, -0.2) is 30.3 Å². The smallest absolute Gasteiger partial charge is 0.251 e. The van der Waals surface area contributed by atoms with Crippen LogP contribution in [0.3, 0.4) is 0 Å². The summed E-state index contributed by atoms with van der Waals surface area (Å²) in [6, 6.07) is 24.4. The van der Waals surface area contributed by atoms with Crippen LogP contribution in [0.25, 0.3) is 0 Å². The van der Waals surface area contributed by atoms with E-state index < -0.39 is 6.10 Å². The molecule has 0 aromatic heterocycles. The molecule has 0 fully saturated rings. The Balaban J connectivity index is 1.46. The van der Waals surface area contributed by atoms with E-state index in [1.165, 1.54) is 0 Å². The van der Waals surface area contributed by atoms with Gasteiger partial charge in [-0.25, -0.2) is 0 Å². The number of aryl methyl sites for hydroxylation is 1. The standard InChI is InChI=1S/C24H25NO4/c1-18-7-5-11-22(13-18)29-17-21(26)15-25-24(27)20-10-6-12-23(14-20)28-16-19-8-3-2-4-9-19/h2-14,21,26H,15-17H2,1H3,(H,25,27). The monoisotopic (exact) mass is 391 g/mol. The van der Waals surface area contributed by atoms with Gasteiger partial charge in [0.15, 0.2) is 0 Å². The lowest BCUT2D eigenvalue weighted by atomic mass is 10.2. The first-order valence-electron chi connectivity index (χ1n) is 9.52. The maximum atomic E-state index is 12.4. The molecule has 0 aliphatic rings. The van der Waals surface area contributed by atoms with Crippen molar-refractivity contribution in [1.82, 2.24) is 5.32 Å². The summed E-state index contributed by atoms with van der Waals surface area (Å²) in [4.78, 5) is 12.4. The summed E-state index contributed by atoms with van der Waals surface area (Å²) in [5.41, 5.74) is 2.61. The molecular weight excluding hydrogens is 366 g/mol. The van der Waals surface area contributed by atoms with Crippen molar-refractivity contribution in [3.63, 3.8) is 0 Å². The van der Waals surface area contributed by atoms with Crippen molar-refractivity contribution < 1.29 is 19.4 Å². The summed E-state index contributed by atoms with van der Waals surface area (Å²) < 4.78 is 11.3. The lowest BCUT2D eigenvalue weighted by Crippen LogP contribution is -2.35. The number of benzene rings is 3. The molecule has 0 aliphatic carbocycles. The number of amides is 1. The summed E-state index contributed by atoms with van der Waals surface area (Å²) in [5.74, 6) is 1.04. The number of hydrogen-bond donors (Lipinski definition) is 2. The van der Waals surface area contributed by atoms with E-state index >= 15 is 0 Å². The van der Waals surface area contributed by atoms with Crippen LogP contribution < -0.4 is 14.8 Å². The molecule has 1 unspecified atom stereocenters. The normalized spacial score (nSPS) is 11.5. The number of aliphatic hydroxyl groups excluding tert-OH is 1. The first-order valence-corrected chi connectivity index (χ1v) is 9.52. The third-order valence-corrected chi connectivity index (χ3v) is 4.27. The summed E-state index contributed by atoms with van der Waals surface area (Å²) in [6.07, 6.45) is -0.808. The van der Waals surface area contributed by atoms with E-state index in [2.05, 4.69) is 5.32 Å². The van der Waals surface area contributed by atoms with Crippen LogP contribution in [0.2, 0.25) is 0 Å². The maximum Gasteiger partial charge on any atom is 0.251 e. The van der Waals surface area contributed by atoms with Gasteiger partial charge in [0.05, 0.1) is 0 Å². The molecule has 3 aromatic carbocycles. The fraction of sp³-hybridized carbons (Fsp3) is 0.208. The molecule has 0 bridgehead atoms. The van der Waals surface area contributed by atoms with Crippen molar-refractivity contribution in [2.24, 2.45) is 0 Å². The highest BCUT2D eigenvalue weighted by Gasteiger charge is 2.11. The van der Waals surface area contributed by atoms with E-state index in [0.717, 1.165) is 11.1 Å². The average Bonchev–Trinajstić information content (AvgIpc) is 2.75. The summed E-state index contributed by atoms with van der Waals surface area (Å²) in [6.45, 7) is 2.60. The predicted molar refractivity (Wildman–Crippen MR) is 112 cm³/mol. The molecule has 0 spiro atoms. The van der Waals surface area contributed by atoms with E-state index in [4.69, 9.17) is 9.47 Å². The highest BCUT2D eigenvalue weighted by atomic mass is 16.5. The van der Waals surface area contributed by atoms with Gasteiger partial charge in [0.1, 0.15) is 30.8 Å². The van der Waals surface area contributed by atoms with Gasteiger partial charge in [-0.2, -0.15) is 0 Å². The van der Waals surface area contributed by atoms with Crippen molar-refractivity contribution in [3.05, 3.63) is 95.6 Å². The van der Waals surface area contributed by atoms with Crippen LogP contribution in [-0.2, 0) is 6.61 Å². The summed E-state index contributed by atoms with van der Waals surface area (Å²) in [7, 11) is 0. The number of carbonyl (C=O) groups is 1. The van der Waals surface area contributed by atoms with E-state index in [1.54, 1.807) is 18.2 Å². The number of rotatable bonds is 9. The van der Waals surface area contributed by atoms with E-state index in [1.807, 2.05) is 67.6 Å². The lowest BCUT2D eigenvalue weighted by Gasteiger charge is -2.14. The van der Waals surface area contributed by atoms with Gasteiger partial charge in [-0.05, 0) is 48.4 Å². The Morgan fingerprint density at radius 3 is 2.41 bits per heavy atom. The molecule has 3 aromatic rings. The molecule has 29 heavy (non-hydrogen) atoms. The number of aliphatic hydroxyl groups is 1. The molecule has 0 radical (unpaired) electrons. The molecule has 3 rings (SSSR count).